The van der Waals surface area contributed by atoms with Crippen LogP contribution in [0.1, 0.15) is 0 Å². The highest BCUT2D eigenvalue weighted by Gasteiger charge is 2.26. The monoisotopic (exact) mass is 235 g/mol. The van der Waals surface area contributed by atoms with Crippen molar-refractivity contribution in [2.75, 3.05) is 30.4 Å². The summed E-state index contributed by atoms with van der Waals surface area (Å²) in [5, 5.41) is 3.33. The number of amides is 1. The number of rotatable bonds is 2. The zero-order valence-corrected chi connectivity index (χ0v) is 10.0. The summed E-state index contributed by atoms with van der Waals surface area (Å²) in [4.78, 5) is 15.1. The van der Waals surface area contributed by atoms with E-state index in [2.05, 4.69) is 5.32 Å². The van der Waals surface area contributed by atoms with E-state index in [1.54, 1.807) is 0 Å². The van der Waals surface area contributed by atoms with Gasteiger partial charge in [-0.1, -0.05) is 0 Å². The standard InChI is InChI=1S/C11H13N3OS/c1-13(2)8-3-5-9(6-4-8)14-10(15)7-12-11(14)16/h3-6H,7H2,1-2H3,(H,12,16). The first-order chi connectivity index (χ1) is 7.59. The summed E-state index contributed by atoms with van der Waals surface area (Å²) in [5.74, 6) is -0.0115. The minimum atomic E-state index is -0.0115. The molecule has 1 amide bonds. The smallest absolute Gasteiger partial charge is 0.252 e. The van der Waals surface area contributed by atoms with Gasteiger partial charge in [-0.15, -0.1) is 0 Å². The Kier molecular flexibility index (Phi) is 2.78. The highest BCUT2D eigenvalue weighted by molar-refractivity contribution is 7.80. The van der Waals surface area contributed by atoms with E-state index in [-0.39, 0.29) is 12.5 Å². The van der Waals surface area contributed by atoms with E-state index in [0.29, 0.717) is 5.11 Å². The summed E-state index contributed by atoms with van der Waals surface area (Å²) < 4.78 is 0. The second-order valence-corrected chi connectivity index (χ2v) is 4.19. The summed E-state index contributed by atoms with van der Waals surface area (Å²) in [7, 11) is 3.95. The summed E-state index contributed by atoms with van der Waals surface area (Å²) in [6, 6.07) is 7.71. The molecular weight excluding hydrogens is 222 g/mol. The minimum absolute atomic E-state index is 0.0115. The van der Waals surface area contributed by atoms with Crippen LogP contribution >= 0.6 is 12.2 Å². The lowest BCUT2D eigenvalue weighted by Crippen LogP contribution is -2.30. The van der Waals surface area contributed by atoms with Crippen molar-refractivity contribution < 1.29 is 4.79 Å². The molecule has 1 aliphatic heterocycles. The zero-order valence-electron chi connectivity index (χ0n) is 9.23. The molecule has 5 heteroatoms. The van der Waals surface area contributed by atoms with Crippen LogP contribution in [0.3, 0.4) is 0 Å². The van der Waals surface area contributed by atoms with Gasteiger partial charge in [-0.3, -0.25) is 9.69 Å². The first-order valence-corrected chi connectivity index (χ1v) is 5.38. The quantitative estimate of drug-likeness (QED) is 0.775. The van der Waals surface area contributed by atoms with Crippen molar-refractivity contribution in [1.29, 1.82) is 0 Å². The van der Waals surface area contributed by atoms with E-state index < -0.39 is 0 Å². The lowest BCUT2D eigenvalue weighted by Gasteiger charge is -2.17. The molecule has 1 saturated heterocycles. The maximum absolute atomic E-state index is 11.6. The van der Waals surface area contributed by atoms with Gasteiger partial charge in [0, 0.05) is 19.8 Å². The van der Waals surface area contributed by atoms with Gasteiger partial charge in [-0.25, -0.2) is 0 Å². The Morgan fingerprint density at radius 3 is 2.38 bits per heavy atom. The molecule has 1 aromatic rings. The normalized spacial score (nSPS) is 15.2. The predicted octanol–water partition coefficient (Wildman–Crippen LogP) is 0.974. The van der Waals surface area contributed by atoms with Crippen molar-refractivity contribution in [3.05, 3.63) is 24.3 Å². The van der Waals surface area contributed by atoms with Crippen molar-refractivity contribution >= 4 is 34.6 Å². The highest BCUT2D eigenvalue weighted by Crippen LogP contribution is 2.21. The third-order valence-electron chi connectivity index (χ3n) is 2.47. The van der Waals surface area contributed by atoms with Gasteiger partial charge in [0.15, 0.2) is 5.11 Å². The lowest BCUT2D eigenvalue weighted by atomic mass is 10.2. The van der Waals surface area contributed by atoms with Gasteiger partial charge in [0.2, 0.25) is 0 Å². The number of anilines is 2. The molecule has 2 rings (SSSR count). The molecule has 1 heterocycles. The fraction of sp³-hybridized carbons (Fsp3) is 0.273. The molecule has 0 spiro atoms. The van der Waals surface area contributed by atoms with E-state index in [9.17, 15) is 4.79 Å². The van der Waals surface area contributed by atoms with Crippen LogP contribution in [0.4, 0.5) is 11.4 Å². The second-order valence-electron chi connectivity index (χ2n) is 3.80. The van der Waals surface area contributed by atoms with Crippen molar-refractivity contribution in [3.8, 4) is 0 Å². The molecule has 1 N–H and O–H groups in total. The van der Waals surface area contributed by atoms with E-state index in [1.807, 2.05) is 43.3 Å². The van der Waals surface area contributed by atoms with Crippen LogP contribution in [0.5, 0.6) is 0 Å². The Bertz CT molecular complexity index is 411. The molecule has 0 aromatic heterocycles. The molecule has 0 unspecified atom stereocenters. The predicted molar refractivity (Wildman–Crippen MR) is 68.9 cm³/mol. The molecule has 0 saturated carbocycles. The van der Waals surface area contributed by atoms with Crippen molar-refractivity contribution in [1.82, 2.24) is 5.32 Å². The molecule has 1 aliphatic rings. The Hall–Kier alpha value is -1.62. The summed E-state index contributed by atoms with van der Waals surface area (Å²) in [6.07, 6.45) is 0. The maximum Gasteiger partial charge on any atom is 0.252 e. The highest BCUT2D eigenvalue weighted by atomic mass is 32.1. The van der Waals surface area contributed by atoms with Crippen LogP contribution in [0.15, 0.2) is 24.3 Å². The van der Waals surface area contributed by atoms with Crippen LogP contribution in [0.25, 0.3) is 0 Å². The first-order valence-electron chi connectivity index (χ1n) is 4.98. The molecule has 16 heavy (non-hydrogen) atoms. The maximum atomic E-state index is 11.6. The number of carbonyl (C=O) groups excluding carboxylic acids is 1. The molecule has 1 fully saturated rings. The topological polar surface area (TPSA) is 35.6 Å². The fourth-order valence-electron chi connectivity index (χ4n) is 1.58. The average Bonchev–Trinajstić information content (AvgIpc) is 2.59. The summed E-state index contributed by atoms with van der Waals surface area (Å²) in [6.45, 7) is 0.286. The van der Waals surface area contributed by atoms with Gasteiger partial charge in [0.25, 0.3) is 5.91 Å². The van der Waals surface area contributed by atoms with Gasteiger partial charge in [-0.2, -0.15) is 0 Å². The average molecular weight is 235 g/mol. The van der Waals surface area contributed by atoms with Gasteiger partial charge in [-0.05, 0) is 36.5 Å². The molecule has 1 aromatic carbocycles. The second kappa shape index (κ2) is 4.09. The summed E-state index contributed by atoms with van der Waals surface area (Å²) >= 11 is 5.07. The van der Waals surface area contributed by atoms with Crippen molar-refractivity contribution in [3.63, 3.8) is 0 Å². The van der Waals surface area contributed by atoms with Crippen molar-refractivity contribution in [2.24, 2.45) is 0 Å². The number of thiocarbonyl (C=S) groups is 1. The van der Waals surface area contributed by atoms with Crippen molar-refractivity contribution in [2.45, 2.75) is 0 Å². The van der Waals surface area contributed by atoms with Gasteiger partial charge < -0.3 is 10.2 Å². The van der Waals surface area contributed by atoms with Crippen LogP contribution < -0.4 is 15.1 Å². The minimum Gasteiger partial charge on any atom is -0.378 e. The fourth-order valence-corrected chi connectivity index (χ4v) is 1.86. The molecule has 0 radical (unpaired) electrons. The zero-order chi connectivity index (χ0) is 11.7. The van der Waals surface area contributed by atoms with Crippen LogP contribution in [0, 0.1) is 0 Å². The number of hydrogen-bond donors (Lipinski definition) is 1. The van der Waals surface area contributed by atoms with Gasteiger partial charge in [0.1, 0.15) is 0 Å². The van der Waals surface area contributed by atoms with E-state index >= 15 is 0 Å². The molecule has 4 nitrogen and oxygen atoms in total. The van der Waals surface area contributed by atoms with Crippen LogP contribution in [-0.2, 0) is 4.79 Å². The third-order valence-corrected chi connectivity index (χ3v) is 2.79. The number of benzene rings is 1. The van der Waals surface area contributed by atoms with Gasteiger partial charge in [0.05, 0.1) is 12.2 Å². The van der Waals surface area contributed by atoms with E-state index in [0.717, 1.165) is 11.4 Å². The molecule has 0 aliphatic carbocycles. The first kappa shape index (κ1) is 10.9. The number of nitrogens with one attached hydrogen (secondary N) is 1. The Balaban J connectivity index is 2.28. The van der Waals surface area contributed by atoms with E-state index in [1.165, 1.54) is 4.90 Å². The number of nitrogens with zero attached hydrogens (tertiary/aromatic N) is 2. The number of carbonyl (C=O) groups is 1. The van der Waals surface area contributed by atoms with Crippen LogP contribution in [-0.4, -0.2) is 31.7 Å². The Morgan fingerprint density at radius 2 is 1.94 bits per heavy atom. The number of hydrogen-bond acceptors (Lipinski definition) is 3. The lowest BCUT2D eigenvalue weighted by molar-refractivity contribution is -0.115. The molecular formula is C11H13N3OS. The Morgan fingerprint density at radius 1 is 1.31 bits per heavy atom. The van der Waals surface area contributed by atoms with E-state index in [4.69, 9.17) is 12.2 Å². The van der Waals surface area contributed by atoms with Gasteiger partial charge >= 0.3 is 0 Å². The SMILES string of the molecule is CN(C)c1ccc(N2C(=O)CNC2=S)cc1. The summed E-state index contributed by atoms with van der Waals surface area (Å²) in [5.41, 5.74) is 1.90. The molecule has 0 atom stereocenters. The molecule has 84 valence electrons. The largest absolute Gasteiger partial charge is 0.378 e. The van der Waals surface area contributed by atoms with Crippen LogP contribution in [0.2, 0.25) is 0 Å². The third kappa shape index (κ3) is 1.86. The Labute approximate surface area is 99.8 Å². The molecule has 0 bridgehead atoms.